The van der Waals surface area contributed by atoms with Crippen LogP contribution in [0.15, 0.2) is 48.5 Å². The third kappa shape index (κ3) is 4.82. The Hall–Kier alpha value is -3.48. The number of hydrogen-bond acceptors (Lipinski definition) is 5. The van der Waals surface area contributed by atoms with Gasteiger partial charge in [-0.05, 0) is 63.1 Å². The summed E-state index contributed by atoms with van der Waals surface area (Å²) in [4.78, 5) is 24.0. The maximum absolute atomic E-state index is 12.6. The lowest BCUT2D eigenvalue weighted by Crippen LogP contribution is -2.31. The largest absolute Gasteiger partial charge is 0.374 e. The van der Waals surface area contributed by atoms with Gasteiger partial charge in [0.1, 0.15) is 11.9 Å². The van der Waals surface area contributed by atoms with Crippen LogP contribution in [0.4, 0.5) is 11.4 Å². The predicted octanol–water partition coefficient (Wildman–Crippen LogP) is 4.31. The third-order valence-electron chi connectivity index (χ3n) is 5.57. The number of nitrogens with one attached hydrogen (secondary N) is 2. The molecule has 0 aliphatic carbocycles. The summed E-state index contributed by atoms with van der Waals surface area (Å²) < 4.78 is 2.22. The minimum Gasteiger partial charge on any atom is -0.374 e. The molecule has 3 aromatic rings. The maximum atomic E-state index is 12.6. The molecule has 31 heavy (non-hydrogen) atoms. The second kappa shape index (κ2) is 9.12. The number of fused-ring (bicyclic) bond motifs is 1. The van der Waals surface area contributed by atoms with E-state index < -0.39 is 6.04 Å². The van der Waals surface area contributed by atoms with Crippen LogP contribution in [0.25, 0.3) is 11.4 Å². The summed E-state index contributed by atoms with van der Waals surface area (Å²) in [6, 6.07) is 14.4. The quantitative estimate of drug-likeness (QED) is 0.583. The van der Waals surface area contributed by atoms with E-state index in [9.17, 15) is 9.59 Å². The number of Topliss-reactive ketones (excluding diaryl/α,β-unsaturated/α-hetero) is 1. The number of benzene rings is 2. The number of hydrogen-bond donors (Lipinski definition) is 2. The second-order valence-electron chi connectivity index (χ2n) is 7.97. The molecule has 0 unspecified atom stereocenters. The van der Waals surface area contributed by atoms with Gasteiger partial charge in [-0.15, -0.1) is 10.2 Å². The first-order chi connectivity index (χ1) is 15.0. The van der Waals surface area contributed by atoms with Crippen molar-refractivity contribution in [3.05, 3.63) is 59.9 Å². The van der Waals surface area contributed by atoms with E-state index in [0.29, 0.717) is 11.3 Å². The van der Waals surface area contributed by atoms with Gasteiger partial charge in [-0.3, -0.25) is 9.59 Å². The number of rotatable bonds is 6. The van der Waals surface area contributed by atoms with E-state index in [4.69, 9.17) is 0 Å². The van der Waals surface area contributed by atoms with Crippen molar-refractivity contribution in [2.75, 3.05) is 10.6 Å². The van der Waals surface area contributed by atoms with Gasteiger partial charge in [-0.25, -0.2) is 0 Å². The molecule has 1 aliphatic rings. The summed E-state index contributed by atoms with van der Waals surface area (Å²) in [6.45, 7) is 4.27. The SMILES string of the molecule is CC(=O)c1ccc(NC(=O)[C@@H](C)Nc2cccc(-c3nnc4n3CCCCC4)c2)cc1. The normalized spacial score (nSPS) is 14.3. The molecule has 7 nitrogen and oxygen atoms in total. The summed E-state index contributed by atoms with van der Waals surface area (Å²) in [5.74, 6) is 1.77. The van der Waals surface area contributed by atoms with Gasteiger partial charge in [-0.2, -0.15) is 0 Å². The Morgan fingerprint density at radius 1 is 1.00 bits per heavy atom. The molecular formula is C24H27N5O2. The summed E-state index contributed by atoms with van der Waals surface area (Å²) in [5, 5.41) is 14.9. The van der Waals surface area contributed by atoms with Crippen LogP contribution >= 0.6 is 0 Å². The fraction of sp³-hybridized carbons (Fsp3) is 0.333. The number of anilines is 2. The molecular weight excluding hydrogens is 390 g/mol. The van der Waals surface area contributed by atoms with Gasteiger partial charge in [0.25, 0.3) is 0 Å². The molecule has 4 rings (SSSR count). The molecule has 1 aromatic heterocycles. The smallest absolute Gasteiger partial charge is 0.246 e. The lowest BCUT2D eigenvalue weighted by molar-refractivity contribution is -0.116. The van der Waals surface area contributed by atoms with Gasteiger partial charge >= 0.3 is 0 Å². The molecule has 0 radical (unpaired) electrons. The van der Waals surface area contributed by atoms with Crippen LogP contribution in [-0.4, -0.2) is 32.5 Å². The van der Waals surface area contributed by atoms with Gasteiger partial charge in [0, 0.05) is 35.5 Å². The molecule has 0 saturated heterocycles. The Morgan fingerprint density at radius 3 is 2.58 bits per heavy atom. The fourth-order valence-electron chi connectivity index (χ4n) is 3.80. The molecule has 0 saturated carbocycles. The fourth-order valence-corrected chi connectivity index (χ4v) is 3.80. The molecule has 1 atom stereocenters. The number of nitrogens with zero attached hydrogens (tertiary/aromatic N) is 3. The maximum Gasteiger partial charge on any atom is 0.246 e. The molecule has 2 aromatic carbocycles. The monoisotopic (exact) mass is 417 g/mol. The summed E-state index contributed by atoms with van der Waals surface area (Å²) >= 11 is 0. The minimum absolute atomic E-state index is 0.00245. The van der Waals surface area contributed by atoms with Crippen LogP contribution in [0.5, 0.6) is 0 Å². The summed E-state index contributed by atoms with van der Waals surface area (Å²) in [7, 11) is 0. The van der Waals surface area contributed by atoms with Gasteiger partial charge < -0.3 is 15.2 Å². The lowest BCUT2D eigenvalue weighted by Gasteiger charge is -2.16. The van der Waals surface area contributed by atoms with Crippen LogP contribution in [0.3, 0.4) is 0 Å². The van der Waals surface area contributed by atoms with Crippen molar-refractivity contribution in [2.24, 2.45) is 0 Å². The van der Waals surface area contributed by atoms with E-state index in [1.54, 1.807) is 24.3 Å². The van der Waals surface area contributed by atoms with E-state index in [1.807, 2.05) is 31.2 Å². The molecule has 160 valence electrons. The first kappa shape index (κ1) is 20.8. The van der Waals surface area contributed by atoms with Crippen LogP contribution < -0.4 is 10.6 Å². The zero-order chi connectivity index (χ0) is 21.8. The first-order valence-corrected chi connectivity index (χ1v) is 10.7. The average Bonchev–Trinajstić information content (AvgIpc) is 3.02. The van der Waals surface area contributed by atoms with E-state index in [1.165, 1.54) is 13.3 Å². The van der Waals surface area contributed by atoms with Crippen molar-refractivity contribution in [2.45, 2.75) is 52.1 Å². The number of amides is 1. The Balaban J connectivity index is 1.44. The van der Waals surface area contributed by atoms with Crippen LogP contribution in [-0.2, 0) is 17.8 Å². The highest BCUT2D eigenvalue weighted by Crippen LogP contribution is 2.25. The van der Waals surface area contributed by atoms with Crippen LogP contribution in [0, 0.1) is 0 Å². The summed E-state index contributed by atoms with van der Waals surface area (Å²) in [5.41, 5.74) is 3.10. The molecule has 7 heteroatoms. The third-order valence-corrected chi connectivity index (χ3v) is 5.57. The molecule has 0 fully saturated rings. The van der Waals surface area contributed by atoms with Gasteiger partial charge in [0.05, 0.1) is 0 Å². The van der Waals surface area contributed by atoms with Crippen molar-refractivity contribution < 1.29 is 9.59 Å². The molecule has 1 aliphatic heterocycles. The van der Waals surface area contributed by atoms with Crippen molar-refractivity contribution in [3.8, 4) is 11.4 Å². The standard InChI is InChI=1S/C24H27N5O2/c1-16(24(31)26-20-12-10-18(11-13-20)17(2)30)25-21-8-6-7-19(15-21)23-28-27-22-9-4-3-5-14-29(22)23/h6-8,10-13,15-16,25H,3-5,9,14H2,1-2H3,(H,26,31)/t16-/m1/s1. The first-order valence-electron chi connectivity index (χ1n) is 10.7. The highest BCUT2D eigenvalue weighted by atomic mass is 16.2. The number of aromatic nitrogens is 3. The zero-order valence-electron chi connectivity index (χ0n) is 17.9. The minimum atomic E-state index is -0.446. The van der Waals surface area contributed by atoms with Crippen molar-refractivity contribution in [1.29, 1.82) is 0 Å². The number of carbonyl (C=O) groups excluding carboxylic acids is 2. The number of aryl methyl sites for hydroxylation is 1. The number of carbonyl (C=O) groups is 2. The Morgan fingerprint density at radius 2 is 1.81 bits per heavy atom. The second-order valence-corrected chi connectivity index (χ2v) is 7.97. The highest BCUT2D eigenvalue weighted by Gasteiger charge is 2.17. The molecule has 2 N–H and O–H groups in total. The summed E-state index contributed by atoms with van der Waals surface area (Å²) in [6.07, 6.45) is 4.48. The van der Waals surface area contributed by atoms with E-state index >= 15 is 0 Å². The van der Waals surface area contributed by atoms with E-state index in [0.717, 1.165) is 48.7 Å². The van der Waals surface area contributed by atoms with Crippen molar-refractivity contribution in [1.82, 2.24) is 14.8 Å². The van der Waals surface area contributed by atoms with Gasteiger partial charge in [0.15, 0.2) is 11.6 Å². The Bertz CT molecular complexity index is 1090. The average molecular weight is 418 g/mol. The van der Waals surface area contributed by atoms with Crippen LogP contribution in [0.1, 0.15) is 49.3 Å². The molecule has 2 heterocycles. The molecule has 0 spiro atoms. The lowest BCUT2D eigenvalue weighted by atomic mass is 10.1. The van der Waals surface area contributed by atoms with E-state index in [-0.39, 0.29) is 11.7 Å². The van der Waals surface area contributed by atoms with Gasteiger partial charge in [-0.1, -0.05) is 18.6 Å². The van der Waals surface area contributed by atoms with Crippen molar-refractivity contribution in [3.63, 3.8) is 0 Å². The van der Waals surface area contributed by atoms with Crippen LogP contribution in [0.2, 0.25) is 0 Å². The molecule has 0 bridgehead atoms. The predicted molar refractivity (Wildman–Crippen MR) is 121 cm³/mol. The Labute approximate surface area is 181 Å². The van der Waals surface area contributed by atoms with Crippen molar-refractivity contribution >= 4 is 23.1 Å². The highest BCUT2D eigenvalue weighted by molar-refractivity contribution is 5.98. The number of ketones is 1. The topological polar surface area (TPSA) is 88.9 Å². The van der Waals surface area contributed by atoms with Gasteiger partial charge in [0.2, 0.25) is 5.91 Å². The Kier molecular flexibility index (Phi) is 6.11. The van der Waals surface area contributed by atoms with E-state index in [2.05, 4.69) is 25.4 Å². The molecule has 1 amide bonds. The zero-order valence-corrected chi connectivity index (χ0v) is 17.9.